The normalized spacial score (nSPS) is 16.3. The molecule has 116 valence electrons. The van der Waals surface area contributed by atoms with Gasteiger partial charge in [-0.15, -0.1) is 0 Å². The van der Waals surface area contributed by atoms with Gasteiger partial charge >= 0.3 is 0 Å². The number of amides is 1. The summed E-state index contributed by atoms with van der Waals surface area (Å²) in [6.07, 6.45) is 8.83. The summed E-state index contributed by atoms with van der Waals surface area (Å²) in [7, 11) is 0. The van der Waals surface area contributed by atoms with Gasteiger partial charge in [0.1, 0.15) is 0 Å². The number of aryl methyl sites for hydroxylation is 1. The van der Waals surface area contributed by atoms with Crippen molar-refractivity contribution in [3.63, 3.8) is 0 Å². The summed E-state index contributed by atoms with van der Waals surface area (Å²) >= 11 is 0. The van der Waals surface area contributed by atoms with Gasteiger partial charge in [-0.25, -0.2) is 0 Å². The monoisotopic (exact) mass is 288 g/mol. The topological polar surface area (TPSA) is 55.1 Å². The molecule has 2 rings (SSSR count). The fraction of sp³-hybridized carbons (Fsp3) is 0.611. The van der Waals surface area contributed by atoms with E-state index < -0.39 is 0 Å². The van der Waals surface area contributed by atoms with Crippen molar-refractivity contribution in [2.75, 3.05) is 11.9 Å². The van der Waals surface area contributed by atoms with Crippen LogP contribution in [0.25, 0.3) is 0 Å². The van der Waals surface area contributed by atoms with Crippen molar-refractivity contribution in [3.8, 4) is 0 Å². The second-order valence-corrected chi connectivity index (χ2v) is 6.44. The molecule has 0 heterocycles. The molecule has 0 aliphatic heterocycles. The molecule has 0 aromatic heterocycles. The van der Waals surface area contributed by atoms with Gasteiger partial charge in [-0.2, -0.15) is 0 Å². The molecular weight excluding hydrogens is 260 g/mol. The SMILES string of the molecule is CCCCCc1ccc(NC(=O)CC2(CN)CCC2)cc1. The van der Waals surface area contributed by atoms with E-state index in [0.717, 1.165) is 24.9 Å². The molecule has 1 aliphatic carbocycles. The Kier molecular flexibility index (Phi) is 5.80. The Morgan fingerprint density at radius 2 is 1.95 bits per heavy atom. The zero-order valence-corrected chi connectivity index (χ0v) is 13.2. The van der Waals surface area contributed by atoms with Crippen molar-refractivity contribution in [1.29, 1.82) is 0 Å². The van der Waals surface area contributed by atoms with Gasteiger partial charge in [-0.05, 0) is 55.3 Å². The maximum atomic E-state index is 12.1. The van der Waals surface area contributed by atoms with Gasteiger partial charge in [-0.1, -0.05) is 38.3 Å². The third-order valence-corrected chi connectivity index (χ3v) is 4.69. The molecule has 1 saturated carbocycles. The maximum Gasteiger partial charge on any atom is 0.224 e. The van der Waals surface area contributed by atoms with Crippen molar-refractivity contribution in [2.45, 2.75) is 58.3 Å². The lowest BCUT2D eigenvalue weighted by Crippen LogP contribution is -2.40. The minimum Gasteiger partial charge on any atom is -0.330 e. The Morgan fingerprint density at radius 1 is 1.24 bits per heavy atom. The molecule has 0 bridgehead atoms. The van der Waals surface area contributed by atoms with Crippen LogP contribution in [0.1, 0.15) is 57.4 Å². The number of hydrogen-bond acceptors (Lipinski definition) is 2. The zero-order chi connectivity index (χ0) is 15.1. The number of rotatable bonds is 8. The number of unbranched alkanes of at least 4 members (excludes halogenated alkanes) is 2. The van der Waals surface area contributed by atoms with Gasteiger partial charge in [0.25, 0.3) is 0 Å². The Bertz CT molecular complexity index is 443. The smallest absolute Gasteiger partial charge is 0.224 e. The molecule has 1 aliphatic rings. The maximum absolute atomic E-state index is 12.1. The summed E-state index contributed by atoms with van der Waals surface area (Å²) in [4.78, 5) is 12.1. The molecule has 0 spiro atoms. The van der Waals surface area contributed by atoms with Gasteiger partial charge < -0.3 is 11.1 Å². The van der Waals surface area contributed by atoms with Crippen LogP contribution < -0.4 is 11.1 Å². The lowest BCUT2D eigenvalue weighted by molar-refractivity contribution is -0.119. The van der Waals surface area contributed by atoms with E-state index in [1.807, 2.05) is 12.1 Å². The summed E-state index contributed by atoms with van der Waals surface area (Å²) in [5.41, 5.74) is 8.12. The predicted octanol–water partition coefficient (Wildman–Crippen LogP) is 3.88. The van der Waals surface area contributed by atoms with Crippen LogP contribution in [-0.2, 0) is 11.2 Å². The number of nitrogens with two attached hydrogens (primary N) is 1. The Labute approximate surface area is 128 Å². The second kappa shape index (κ2) is 7.60. The zero-order valence-electron chi connectivity index (χ0n) is 13.2. The molecule has 1 aromatic rings. The third-order valence-electron chi connectivity index (χ3n) is 4.69. The number of carbonyl (C=O) groups is 1. The summed E-state index contributed by atoms with van der Waals surface area (Å²) in [5.74, 6) is 0.0962. The van der Waals surface area contributed by atoms with Crippen molar-refractivity contribution < 1.29 is 4.79 Å². The summed E-state index contributed by atoms with van der Waals surface area (Å²) in [6, 6.07) is 8.25. The molecule has 1 fully saturated rings. The standard InChI is InChI=1S/C18H28N2O/c1-2-3-4-6-15-7-9-16(10-8-15)20-17(21)13-18(14-19)11-5-12-18/h7-10H,2-6,11-14,19H2,1H3,(H,20,21). The lowest BCUT2D eigenvalue weighted by Gasteiger charge is -2.40. The third kappa shape index (κ3) is 4.57. The van der Waals surface area contributed by atoms with Gasteiger partial charge in [0.2, 0.25) is 5.91 Å². The largest absolute Gasteiger partial charge is 0.330 e. The van der Waals surface area contributed by atoms with E-state index in [-0.39, 0.29) is 11.3 Å². The molecule has 0 atom stereocenters. The van der Waals surface area contributed by atoms with E-state index in [1.165, 1.54) is 31.2 Å². The number of anilines is 1. The lowest BCUT2D eigenvalue weighted by atomic mass is 9.66. The highest BCUT2D eigenvalue weighted by Gasteiger charge is 2.37. The van der Waals surface area contributed by atoms with E-state index in [1.54, 1.807) is 0 Å². The molecule has 1 amide bonds. The van der Waals surface area contributed by atoms with E-state index in [2.05, 4.69) is 24.4 Å². The molecular formula is C18H28N2O. The molecule has 21 heavy (non-hydrogen) atoms. The molecule has 0 saturated heterocycles. The van der Waals surface area contributed by atoms with Crippen LogP contribution in [-0.4, -0.2) is 12.5 Å². The van der Waals surface area contributed by atoms with Gasteiger partial charge in [0, 0.05) is 12.1 Å². The summed E-state index contributed by atoms with van der Waals surface area (Å²) < 4.78 is 0. The quantitative estimate of drug-likeness (QED) is 0.713. The van der Waals surface area contributed by atoms with Crippen molar-refractivity contribution in [3.05, 3.63) is 29.8 Å². The highest BCUT2D eigenvalue weighted by molar-refractivity contribution is 5.91. The fourth-order valence-corrected chi connectivity index (χ4v) is 3.01. The molecule has 3 nitrogen and oxygen atoms in total. The van der Waals surface area contributed by atoms with Crippen LogP contribution in [0.2, 0.25) is 0 Å². The minimum absolute atomic E-state index is 0.0736. The molecule has 0 radical (unpaired) electrons. The van der Waals surface area contributed by atoms with Crippen LogP contribution >= 0.6 is 0 Å². The summed E-state index contributed by atoms with van der Waals surface area (Å²) in [6.45, 7) is 2.84. The van der Waals surface area contributed by atoms with E-state index in [4.69, 9.17) is 5.73 Å². The Balaban J connectivity index is 1.81. The second-order valence-electron chi connectivity index (χ2n) is 6.44. The fourth-order valence-electron chi connectivity index (χ4n) is 3.01. The van der Waals surface area contributed by atoms with Gasteiger partial charge in [0.15, 0.2) is 0 Å². The Morgan fingerprint density at radius 3 is 2.48 bits per heavy atom. The average Bonchev–Trinajstić information content (AvgIpc) is 2.45. The van der Waals surface area contributed by atoms with Crippen LogP contribution in [0.4, 0.5) is 5.69 Å². The van der Waals surface area contributed by atoms with Crippen molar-refractivity contribution in [2.24, 2.45) is 11.1 Å². The first-order valence-electron chi connectivity index (χ1n) is 8.26. The summed E-state index contributed by atoms with van der Waals surface area (Å²) in [5, 5.41) is 3.00. The molecule has 3 heteroatoms. The minimum atomic E-state index is 0.0736. The first-order chi connectivity index (χ1) is 10.2. The number of benzene rings is 1. The van der Waals surface area contributed by atoms with Crippen LogP contribution in [0.5, 0.6) is 0 Å². The molecule has 1 aromatic carbocycles. The first kappa shape index (κ1) is 16.0. The van der Waals surface area contributed by atoms with Gasteiger partial charge in [-0.3, -0.25) is 4.79 Å². The Hall–Kier alpha value is -1.35. The van der Waals surface area contributed by atoms with Crippen LogP contribution in [0.15, 0.2) is 24.3 Å². The van der Waals surface area contributed by atoms with E-state index in [0.29, 0.717) is 13.0 Å². The van der Waals surface area contributed by atoms with E-state index >= 15 is 0 Å². The van der Waals surface area contributed by atoms with Crippen molar-refractivity contribution >= 4 is 11.6 Å². The highest BCUT2D eigenvalue weighted by atomic mass is 16.1. The van der Waals surface area contributed by atoms with E-state index in [9.17, 15) is 4.79 Å². The first-order valence-corrected chi connectivity index (χ1v) is 8.26. The van der Waals surface area contributed by atoms with Crippen LogP contribution in [0, 0.1) is 5.41 Å². The predicted molar refractivity (Wildman–Crippen MR) is 88.3 cm³/mol. The molecule has 3 N–H and O–H groups in total. The average molecular weight is 288 g/mol. The number of nitrogens with one attached hydrogen (secondary N) is 1. The van der Waals surface area contributed by atoms with Crippen LogP contribution in [0.3, 0.4) is 0 Å². The molecule has 0 unspecified atom stereocenters. The highest BCUT2D eigenvalue weighted by Crippen LogP contribution is 2.43. The number of carbonyl (C=O) groups excluding carboxylic acids is 1. The van der Waals surface area contributed by atoms with Gasteiger partial charge in [0.05, 0.1) is 0 Å². The van der Waals surface area contributed by atoms with Crippen molar-refractivity contribution in [1.82, 2.24) is 0 Å². The number of hydrogen-bond donors (Lipinski definition) is 2.